The average molecular weight is 323 g/mol. The van der Waals surface area contributed by atoms with Crippen molar-refractivity contribution in [1.82, 2.24) is 0 Å². The first-order valence-electron chi connectivity index (χ1n) is 7.67. The Bertz CT molecular complexity index is 671. The fourth-order valence-electron chi connectivity index (χ4n) is 2.90. The second kappa shape index (κ2) is 7.44. The Hall–Kier alpha value is -1.83. The van der Waals surface area contributed by atoms with Crippen LogP contribution >= 0.6 is 11.6 Å². The molecule has 0 heterocycles. The van der Waals surface area contributed by atoms with Gasteiger partial charge in [-0.05, 0) is 30.2 Å². The molecule has 22 heavy (non-hydrogen) atoms. The summed E-state index contributed by atoms with van der Waals surface area (Å²) in [7, 11) is -1.18. The molecule has 3 aromatic rings. The molecule has 0 saturated carbocycles. The van der Waals surface area contributed by atoms with Crippen LogP contribution in [0, 0.1) is 0 Å². The van der Waals surface area contributed by atoms with Crippen molar-refractivity contribution >= 4 is 30.8 Å². The highest BCUT2D eigenvalue weighted by atomic mass is 35.5. The Morgan fingerprint density at radius 1 is 0.682 bits per heavy atom. The molecule has 3 rings (SSSR count). The van der Waals surface area contributed by atoms with E-state index in [0.29, 0.717) is 0 Å². The predicted molar refractivity (Wildman–Crippen MR) is 99.3 cm³/mol. The maximum absolute atomic E-state index is 6.11. The van der Waals surface area contributed by atoms with Crippen molar-refractivity contribution in [1.29, 1.82) is 0 Å². The van der Waals surface area contributed by atoms with Crippen molar-refractivity contribution in [3.63, 3.8) is 0 Å². The van der Waals surface area contributed by atoms with Crippen LogP contribution in [0.1, 0.15) is 5.56 Å². The van der Waals surface area contributed by atoms with Crippen molar-refractivity contribution < 1.29 is 0 Å². The summed E-state index contributed by atoms with van der Waals surface area (Å²) in [6.07, 6.45) is 1.08. The number of hydrogen-bond donors (Lipinski definition) is 0. The van der Waals surface area contributed by atoms with Gasteiger partial charge >= 0.3 is 0 Å². The monoisotopic (exact) mass is 322 g/mol. The van der Waals surface area contributed by atoms with Gasteiger partial charge in [0, 0.05) is 5.02 Å². The molecule has 0 spiro atoms. The van der Waals surface area contributed by atoms with E-state index in [2.05, 4.69) is 72.8 Å². The lowest BCUT2D eigenvalue weighted by Gasteiger charge is -2.16. The van der Waals surface area contributed by atoms with Gasteiger partial charge in [-0.2, -0.15) is 0 Å². The van der Waals surface area contributed by atoms with E-state index < -0.39 is 8.80 Å². The summed E-state index contributed by atoms with van der Waals surface area (Å²) in [6, 6.07) is 31.4. The van der Waals surface area contributed by atoms with Crippen LogP contribution in [0.3, 0.4) is 0 Å². The summed E-state index contributed by atoms with van der Waals surface area (Å²) >= 11 is 6.11. The van der Waals surface area contributed by atoms with E-state index in [4.69, 9.17) is 11.6 Å². The molecule has 0 fully saturated rings. The molecule has 0 saturated heterocycles. The lowest BCUT2D eigenvalue weighted by Crippen LogP contribution is -2.42. The second-order valence-electron chi connectivity index (χ2n) is 5.54. The largest absolute Gasteiger partial charge is 0.103 e. The van der Waals surface area contributed by atoms with Gasteiger partial charge in [0.2, 0.25) is 0 Å². The molecule has 0 aliphatic rings. The molecule has 0 nitrogen and oxygen atoms in total. The number of rotatable bonds is 5. The van der Waals surface area contributed by atoms with Crippen LogP contribution in [0.15, 0.2) is 84.9 Å². The predicted octanol–water partition coefficient (Wildman–Crippen LogP) is 3.92. The highest BCUT2D eigenvalue weighted by Gasteiger charge is 2.15. The second-order valence-corrected chi connectivity index (χ2v) is 8.99. The van der Waals surface area contributed by atoms with Gasteiger partial charge in [0.15, 0.2) is 0 Å². The van der Waals surface area contributed by atoms with E-state index >= 15 is 0 Å². The molecule has 0 unspecified atom stereocenters. The van der Waals surface area contributed by atoms with E-state index in [-0.39, 0.29) is 0 Å². The van der Waals surface area contributed by atoms with Crippen molar-refractivity contribution in [2.45, 2.75) is 12.5 Å². The van der Waals surface area contributed by atoms with Gasteiger partial charge in [-0.15, -0.1) is 0 Å². The minimum atomic E-state index is -1.18. The fourth-order valence-corrected chi connectivity index (χ4v) is 6.16. The number of halogens is 1. The molecule has 0 N–H and O–H groups in total. The lowest BCUT2D eigenvalue weighted by atomic mass is 10.2. The van der Waals surface area contributed by atoms with Gasteiger partial charge in [0.1, 0.15) is 8.80 Å². The zero-order valence-corrected chi connectivity index (χ0v) is 14.4. The van der Waals surface area contributed by atoms with Crippen molar-refractivity contribution in [3.05, 3.63) is 95.5 Å². The standard InChI is InChI=1S/C20H19ClSi/c21-18-9-7-8-17(16-18)14-15-22(19-10-3-1-4-11-19)20-12-5-2-6-13-20/h1-13,16,22H,14-15H2. The Morgan fingerprint density at radius 2 is 1.27 bits per heavy atom. The van der Waals surface area contributed by atoms with Gasteiger partial charge in [0.05, 0.1) is 0 Å². The summed E-state index contributed by atoms with van der Waals surface area (Å²) in [4.78, 5) is 0. The molecule has 0 aliphatic carbocycles. The van der Waals surface area contributed by atoms with E-state index in [1.165, 1.54) is 22.0 Å². The van der Waals surface area contributed by atoms with E-state index in [0.717, 1.165) is 11.4 Å². The third kappa shape index (κ3) is 3.88. The van der Waals surface area contributed by atoms with Crippen LogP contribution in [0.4, 0.5) is 0 Å². The number of aryl methyl sites for hydroxylation is 1. The van der Waals surface area contributed by atoms with Crippen molar-refractivity contribution in [2.24, 2.45) is 0 Å². The molecule has 0 radical (unpaired) electrons. The zero-order valence-electron chi connectivity index (χ0n) is 12.5. The summed E-state index contributed by atoms with van der Waals surface area (Å²) < 4.78 is 0. The number of hydrogen-bond acceptors (Lipinski definition) is 0. The Morgan fingerprint density at radius 3 is 1.82 bits per heavy atom. The Labute approximate surface area is 139 Å². The first kappa shape index (κ1) is 15.1. The molecule has 3 aromatic carbocycles. The highest BCUT2D eigenvalue weighted by Crippen LogP contribution is 2.13. The van der Waals surface area contributed by atoms with Gasteiger partial charge < -0.3 is 0 Å². The Kier molecular flexibility index (Phi) is 5.10. The molecule has 0 aliphatic heterocycles. The molecule has 110 valence electrons. The summed E-state index contributed by atoms with van der Waals surface area (Å²) in [5.74, 6) is 0. The van der Waals surface area contributed by atoms with E-state index in [1.54, 1.807) is 0 Å². The minimum absolute atomic E-state index is 0.829. The summed E-state index contributed by atoms with van der Waals surface area (Å²) in [6.45, 7) is 0. The maximum Gasteiger partial charge on any atom is 0.103 e. The van der Waals surface area contributed by atoms with E-state index in [1.807, 2.05) is 12.1 Å². The molecular formula is C20H19ClSi. The van der Waals surface area contributed by atoms with Crippen LogP contribution in [0.25, 0.3) is 0 Å². The van der Waals surface area contributed by atoms with Crippen molar-refractivity contribution in [3.8, 4) is 0 Å². The third-order valence-corrected chi connectivity index (χ3v) is 7.49. The topological polar surface area (TPSA) is 0 Å². The van der Waals surface area contributed by atoms with Crippen LogP contribution in [0.5, 0.6) is 0 Å². The molecule has 0 bridgehead atoms. The molecule has 0 atom stereocenters. The average Bonchev–Trinajstić information content (AvgIpc) is 2.57. The van der Waals surface area contributed by atoms with E-state index in [9.17, 15) is 0 Å². The van der Waals surface area contributed by atoms with Gasteiger partial charge in [-0.25, -0.2) is 0 Å². The third-order valence-electron chi connectivity index (χ3n) is 4.01. The smallest absolute Gasteiger partial charge is 0.0843 e. The normalized spacial score (nSPS) is 10.8. The van der Waals surface area contributed by atoms with Gasteiger partial charge in [-0.1, -0.05) is 94.8 Å². The summed E-state index contributed by atoms with van der Waals surface area (Å²) in [5.41, 5.74) is 1.33. The quantitative estimate of drug-likeness (QED) is 0.624. The highest BCUT2D eigenvalue weighted by molar-refractivity contribution is 6.85. The molecule has 0 aromatic heterocycles. The van der Waals surface area contributed by atoms with Crippen LogP contribution < -0.4 is 10.4 Å². The number of benzene rings is 3. The summed E-state index contributed by atoms with van der Waals surface area (Å²) in [5, 5.41) is 3.85. The first-order chi connectivity index (χ1) is 10.8. The fraction of sp³-hybridized carbons (Fsp3) is 0.100. The van der Waals surface area contributed by atoms with Gasteiger partial charge in [-0.3, -0.25) is 0 Å². The van der Waals surface area contributed by atoms with Gasteiger partial charge in [0.25, 0.3) is 0 Å². The maximum atomic E-state index is 6.11. The first-order valence-corrected chi connectivity index (χ1v) is 10.0. The van der Waals surface area contributed by atoms with Crippen molar-refractivity contribution in [2.75, 3.05) is 0 Å². The van der Waals surface area contributed by atoms with Crippen LogP contribution in [-0.2, 0) is 6.42 Å². The SMILES string of the molecule is Clc1cccc(CC[SiH](c2ccccc2)c2ccccc2)c1. The molecule has 2 heteroatoms. The van der Waals surface area contributed by atoms with Crippen LogP contribution in [0.2, 0.25) is 11.1 Å². The lowest BCUT2D eigenvalue weighted by molar-refractivity contribution is 1.12. The minimum Gasteiger partial charge on any atom is -0.0843 e. The Balaban J connectivity index is 1.83. The molecule has 0 amide bonds. The van der Waals surface area contributed by atoms with Crippen LogP contribution in [-0.4, -0.2) is 8.80 Å². The molecular weight excluding hydrogens is 304 g/mol. The zero-order chi connectivity index (χ0) is 15.2.